The van der Waals surface area contributed by atoms with E-state index in [9.17, 15) is 0 Å². The SMILES string of the molecule is CC(Sc1n[nH]c(-c2ccc(Cl)cc2)n1)c1nc(C(C)(C)C)no1. The molecule has 3 aromatic rings. The van der Waals surface area contributed by atoms with E-state index in [4.69, 9.17) is 16.1 Å². The molecule has 0 aliphatic carbocycles. The number of benzene rings is 1. The molecule has 0 spiro atoms. The lowest BCUT2D eigenvalue weighted by Gasteiger charge is -2.11. The average molecular weight is 364 g/mol. The van der Waals surface area contributed by atoms with Gasteiger partial charge in [-0.05, 0) is 31.2 Å². The van der Waals surface area contributed by atoms with E-state index in [2.05, 4.69) is 25.3 Å². The molecule has 1 N–H and O–H groups in total. The molecular formula is C16H18ClN5OS. The third kappa shape index (κ3) is 3.79. The number of aromatic nitrogens is 5. The molecule has 24 heavy (non-hydrogen) atoms. The fourth-order valence-electron chi connectivity index (χ4n) is 1.95. The van der Waals surface area contributed by atoms with E-state index >= 15 is 0 Å². The van der Waals surface area contributed by atoms with Gasteiger partial charge in [0, 0.05) is 16.0 Å². The summed E-state index contributed by atoms with van der Waals surface area (Å²) in [7, 11) is 0. The maximum absolute atomic E-state index is 5.90. The van der Waals surface area contributed by atoms with Crippen LogP contribution in [0.5, 0.6) is 0 Å². The molecule has 126 valence electrons. The molecule has 0 saturated carbocycles. The second-order valence-electron chi connectivity index (χ2n) is 6.44. The lowest BCUT2D eigenvalue weighted by atomic mass is 9.96. The number of halogens is 1. The molecule has 1 aromatic carbocycles. The van der Waals surface area contributed by atoms with Crippen LogP contribution in [0.25, 0.3) is 11.4 Å². The molecule has 1 atom stereocenters. The van der Waals surface area contributed by atoms with Gasteiger partial charge >= 0.3 is 0 Å². The van der Waals surface area contributed by atoms with Gasteiger partial charge in [-0.15, -0.1) is 5.10 Å². The standard InChI is InChI=1S/C16H18ClN5OS/c1-9(13-19-14(22-23-13)16(2,3)4)24-15-18-12(20-21-15)10-5-7-11(17)8-6-10/h5-9H,1-4H3,(H,18,20,21). The van der Waals surface area contributed by atoms with Gasteiger partial charge in [-0.25, -0.2) is 4.98 Å². The molecule has 0 radical (unpaired) electrons. The van der Waals surface area contributed by atoms with Crippen LogP contribution in [0.2, 0.25) is 5.02 Å². The third-order valence-electron chi connectivity index (χ3n) is 3.33. The number of hydrogen-bond acceptors (Lipinski definition) is 6. The highest BCUT2D eigenvalue weighted by molar-refractivity contribution is 7.99. The van der Waals surface area contributed by atoms with Crippen molar-refractivity contribution in [2.75, 3.05) is 0 Å². The van der Waals surface area contributed by atoms with Crippen molar-refractivity contribution in [3.63, 3.8) is 0 Å². The molecule has 0 aliphatic heterocycles. The van der Waals surface area contributed by atoms with Crippen LogP contribution in [0.1, 0.15) is 44.7 Å². The molecule has 0 bridgehead atoms. The maximum atomic E-state index is 5.90. The average Bonchev–Trinajstić information content (AvgIpc) is 3.16. The van der Waals surface area contributed by atoms with E-state index in [0.717, 1.165) is 5.56 Å². The summed E-state index contributed by atoms with van der Waals surface area (Å²) in [6.07, 6.45) is 0. The minimum Gasteiger partial charge on any atom is -0.338 e. The first-order valence-corrected chi connectivity index (χ1v) is 8.78. The lowest BCUT2D eigenvalue weighted by Crippen LogP contribution is -2.13. The van der Waals surface area contributed by atoms with E-state index in [1.54, 1.807) is 0 Å². The van der Waals surface area contributed by atoms with Gasteiger partial charge in [-0.2, -0.15) is 4.98 Å². The molecule has 3 rings (SSSR count). The minimum absolute atomic E-state index is 0.0394. The second kappa shape index (κ2) is 6.57. The van der Waals surface area contributed by atoms with Crippen molar-refractivity contribution < 1.29 is 4.52 Å². The van der Waals surface area contributed by atoms with Gasteiger partial charge in [0.1, 0.15) is 0 Å². The van der Waals surface area contributed by atoms with Crippen LogP contribution in [-0.2, 0) is 5.41 Å². The highest BCUT2D eigenvalue weighted by atomic mass is 35.5. The summed E-state index contributed by atoms with van der Waals surface area (Å²) in [5.74, 6) is 1.96. The molecule has 0 fully saturated rings. The van der Waals surface area contributed by atoms with E-state index in [-0.39, 0.29) is 10.7 Å². The van der Waals surface area contributed by atoms with Crippen molar-refractivity contribution >= 4 is 23.4 Å². The van der Waals surface area contributed by atoms with Crippen molar-refractivity contribution in [3.05, 3.63) is 41.0 Å². The number of aromatic amines is 1. The smallest absolute Gasteiger partial charge is 0.239 e. The molecule has 1 unspecified atom stereocenters. The van der Waals surface area contributed by atoms with Crippen LogP contribution in [0.3, 0.4) is 0 Å². The van der Waals surface area contributed by atoms with Gasteiger partial charge in [0.05, 0.1) is 5.25 Å². The minimum atomic E-state index is -0.140. The van der Waals surface area contributed by atoms with Crippen LogP contribution in [0.15, 0.2) is 33.9 Å². The van der Waals surface area contributed by atoms with Gasteiger partial charge < -0.3 is 4.52 Å². The van der Waals surface area contributed by atoms with Crippen molar-refractivity contribution in [1.29, 1.82) is 0 Å². The Morgan fingerprint density at radius 1 is 1.17 bits per heavy atom. The summed E-state index contributed by atoms with van der Waals surface area (Å²) >= 11 is 7.36. The van der Waals surface area contributed by atoms with E-state index in [1.807, 2.05) is 52.0 Å². The Morgan fingerprint density at radius 3 is 2.50 bits per heavy atom. The number of nitrogens with zero attached hydrogens (tertiary/aromatic N) is 4. The Bertz CT molecular complexity index is 822. The number of H-pyrrole nitrogens is 1. The van der Waals surface area contributed by atoms with E-state index in [0.29, 0.717) is 27.7 Å². The molecule has 8 heteroatoms. The quantitative estimate of drug-likeness (QED) is 0.679. The van der Waals surface area contributed by atoms with Gasteiger partial charge in [-0.3, -0.25) is 5.10 Å². The van der Waals surface area contributed by atoms with Crippen molar-refractivity contribution in [1.82, 2.24) is 25.3 Å². The van der Waals surface area contributed by atoms with Gasteiger partial charge in [-0.1, -0.05) is 49.3 Å². The molecule has 0 saturated heterocycles. The van der Waals surface area contributed by atoms with Crippen molar-refractivity contribution in [2.24, 2.45) is 0 Å². The Labute approximate surface area is 149 Å². The zero-order valence-corrected chi connectivity index (χ0v) is 15.4. The Hall–Kier alpha value is -1.86. The van der Waals surface area contributed by atoms with Crippen LogP contribution in [0, 0.1) is 0 Å². The number of rotatable bonds is 4. The molecular weight excluding hydrogens is 346 g/mol. The summed E-state index contributed by atoms with van der Waals surface area (Å²) in [4.78, 5) is 8.97. The largest absolute Gasteiger partial charge is 0.338 e. The molecule has 0 amide bonds. The van der Waals surface area contributed by atoms with Crippen LogP contribution in [-0.4, -0.2) is 25.3 Å². The second-order valence-corrected chi connectivity index (χ2v) is 8.18. The van der Waals surface area contributed by atoms with Gasteiger partial charge in [0.2, 0.25) is 11.0 Å². The maximum Gasteiger partial charge on any atom is 0.239 e. The number of thioether (sulfide) groups is 1. The van der Waals surface area contributed by atoms with Gasteiger partial charge in [0.15, 0.2) is 11.6 Å². The predicted octanol–water partition coefficient (Wildman–Crippen LogP) is 4.66. The summed E-state index contributed by atoms with van der Waals surface area (Å²) in [5, 5.41) is 12.5. The first-order chi connectivity index (χ1) is 11.3. The lowest BCUT2D eigenvalue weighted by molar-refractivity contribution is 0.364. The topological polar surface area (TPSA) is 80.5 Å². The monoisotopic (exact) mass is 363 g/mol. The van der Waals surface area contributed by atoms with Crippen LogP contribution >= 0.6 is 23.4 Å². The van der Waals surface area contributed by atoms with Crippen LogP contribution in [0.4, 0.5) is 0 Å². The Balaban J connectivity index is 1.72. The highest BCUT2D eigenvalue weighted by Gasteiger charge is 2.24. The Kier molecular flexibility index (Phi) is 4.64. The first kappa shape index (κ1) is 17.0. The summed E-state index contributed by atoms with van der Waals surface area (Å²) in [6, 6.07) is 7.44. The van der Waals surface area contributed by atoms with E-state index < -0.39 is 0 Å². The number of nitrogens with one attached hydrogen (secondary N) is 1. The predicted molar refractivity (Wildman–Crippen MR) is 94.1 cm³/mol. The normalized spacial score (nSPS) is 13.2. The number of hydrogen-bond donors (Lipinski definition) is 1. The van der Waals surface area contributed by atoms with Crippen LogP contribution < -0.4 is 0 Å². The Morgan fingerprint density at radius 2 is 1.88 bits per heavy atom. The van der Waals surface area contributed by atoms with Crippen molar-refractivity contribution in [2.45, 2.75) is 43.5 Å². The third-order valence-corrected chi connectivity index (χ3v) is 4.53. The highest BCUT2D eigenvalue weighted by Crippen LogP contribution is 2.33. The van der Waals surface area contributed by atoms with E-state index in [1.165, 1.54) is 11.8 Å². The van der Waals surface area contributed by atoms with Gasteiger partial charge in [0.25, 0.3) is 0 Å². The summed E-state index contributed by atoms with van der Waals surface area (Å²) in [6.45, 7) is 8.14. The first-order valence-electron chi connectivity index (χ1n) is 7.52. The molecule has 0 aliphatic rings. The molecule has 6 nitrogen and oxygen atoms in total. The summed E-state index contributed by atoms with van der Waals surface area (Å²) in [5.41, 5.74) is 0.789. The molecule has 2 aromatic heterocycles. The van der Waals surface area contributed by atoms with Crippen molar-refractivity contribution in [3.8, 4) is 11.4 Å². The zero-order chi connectivity index (χ0) is 17.3. The summed E-state index contributed by atoms with van der Waals surface area (Å²) < 4.78 is 5.37. The zero-order valence-electron chi connectivity index (χ0n) is 13.9. The fraction of sp³-hybridized carbons (Fsp3) is 0.375. The fourth-order valence-corrected chi connectivity index (χ4v) is 2.83. The molecule has 2 heterocycles.